The van der Waals surface area contributed by atoms with Crippen LogP contribution in [0.4, 0.5) is 0 Å². The number of carbonyl (C=O) groups is 1. The Labute approximate surface area is 176 Å². The molecule has 4 rings (SSSR count). The molecule has 3 aromatic heterocycles. The van der Waals surface area contributed by atoms with Crippen molar-refractivity contribution in [2.75, 3.05) is 20.0 Å². The van der Waals surface area contributed by atoms with Crippen molar-refractivity contribution in [1.29, 1.82) is 0 Å². The second-order valence-corrected chi connectivity index (χ2v) is 7.13. The summed E-state index contributed by atoms with van der Waals surface area (Å²) in [5, 5.41) is 16.2. The molecule has 0 radical (unpaired) electrons. The number of thioether (sulfide) groups is 1. The molecular formula is C20H19N5O4S. The number of nitrogens with zero attached hydrogens (tertiary/aromatic N) is 4. The van der Waals surface area contributed by atoms with Gasteiger partial charge in [-0.1, -0.05) is 11.8 Å². The Hall–Kier alpha value is -3.53. The molecule has 9 nitrogen and oxygen atoms in total. The molecule has 4 aromatic rings. The van der Waals surface area contributed by atoms with Gasteiger partial charge in [-0.2, -0.15) is 9.61 Å². The van der Waals surface area contributed by atoms with Crippen LogP contribution in [0.25, 0.3) is 16.9 Å². The minimum atomic E-state index is -0.135. The first-order valence-corrected chi connectivity index (χ1v) is 10.0. The number of rotatable bonds is 8. The maximum atomic E-state index is 12.1. The Morgan fingerprint density at radius 1 is 1.13 bits per heavy atom. The molecule has 0 bridgehead atoms. The van der Waals surface area contributed by atoms with Crippen molar-refractivity contribution < 1.29 is 18.7 Å². The maximum absolute atomic E-state index is 12.1. The van der Waals surface area contributed by atoms with Crippen LogP contribution in [0.5, 0.6) is 11.5 Å². The van der Waals surface area contributed by atoms with E-state index in [1.165, 1.54) is 11.8 Å². The molecule has 0 fully saturated rings. The van der Waals surface area contributed by atoms with Gasteiger partial charge in [0.1, 0.15) is 5.76 Å². The molecule has 3 heterocycles. The summed E-state index contributed by atoms with van der Waals surface area (Å²) >= 11 is 1.26. The minimum absolute atomic E-state index is 0.135. The zero-order chi connectivity index (χ0) is 20.9. The highest BCUT2D eigenvalue weighted by Crippen LogP contribution is 2.31. The number of ether oxygens (including phenoxy) is 2. The molecule has 1 N–H and O–H groups in total. The zero-order valence-electron chi connectivity index (χ0n) is 16.4. The Bertz CT molecular complexity index is 1160. The van der Waals surface area contributed by atoms with Gasteiger partial charge in [0, 0.05) is 5.56 Å². The van der Waals surface area contributed by atoms with E-state index in [0.29, 0.717) is 40.3 Å². The lowest BCUT2D eigenvalue weighted by atomic mass is 10.1. The molecule has 0 saturated heterocycles. The van der Waals surface area contributed by atoms with Crippen molar-refractivity contribution in [3.05, 3.63) is 54.5 Å². The number of aromatic nitrogens is 4. The van der Waals surface area contributed by atoms with E-state index in [9.17, 15) is 4.79 Å². The smallest absolute Gasteiger partial charge is 0.230 e. The number of fused-ring (bicyclic) bond motifs is 1. The van der Waals surface area contributed by atoms with E-state index >= 15 is 0 Å². The molecule has 30 heavy (non-hydrogen) atoms. The Morgan fingerprint density at radius 2 is 2.00 bits per heavy atom. The topological polar surface area (TPSA) is 104 Å². The van der Waals surface area contributed by atoms with Gasteiger partial charge in [-0.05, 0) is 42.5 Å². The number of carbonyl (C=O) groups excluding carboxylic acids is 1. The molecule has 10 heteroatoms. The first kappa shape index (κ1) is 19.8. The normalized spacial score (nSPS) is 10.9. The van der Waals surface area contributed by atoms with Crippen LogP contribution in [-0.4, -0.2) is 45.7 Å². The maximum Gasteiger partial charge on any atom is 0.230 e. The number of benzene rings is 1. The van der Waals surface area contributed by atoms with E-state index in [1.54, 1.807) is 37.1 Å². The van der Waals surface area contributed by atoms with Gasteiger partial charge in [0.15, 0.2) is 17.1 Å². The van der Waals surface area contributed by atoms with Crippen molar-refractivity contribution in [3.8, 4) is 22.8 Å². The summed E-state index contributed by atoms with van der Waals surface area (Å²) in [6, 6.07) is 12.8. The Kier molecular flexibility index (Phi) is 5.84. The predicted octanol–water partition coefficient (Wildman–Crippen LogP) is 2.81. The fourth-order valence-electron chi connectivity index (χ4n) is 2.79. The van der Waals surface area contributed by atoms with E-state index in [0.717, 1.165) is 5.56 Å². The summed E-state index contributed by atoms with van der Waals surface area (Å²) in [6.07, 6.45) is 1.57. The van der Waals surface area contributed by atoms with E-state index in [4.69, 9.17) is 13.9 Å². The highest BCUT2D eigenvalue weighted by Gasteiger charge is 2.13. The molecule has 0 atom stereocenters. The zero-order valence-corrected chi connectivity index (χ0v) is 17.2. The first-order chi connectivity index (χ1) is 14.7. The quantitative estimate of drug-likeness (QED) is 0.430. The third kappa shape index (κ3) is 4.23. The van der Waals surface area contributed by atoms with Crippen LogP contribution < -0.4 is 14.8 Å². The van der Waals surface area contributed by atoms with Gasteiger partial charge < -0.3 is 19.2 Å². The number of hydrogen-bond acceptors (Lipinski definition) is 8. The van der Waals surface area contributed by atoms with Crippen molar-refractivity contribution in [1.82, 2.24) is 25.1 Å². The summed E-state index contributed by atoms with van der Waals surface area (Å²) in [6.45, 7) is 0.342. The summed E-state index contributed by atoms with van der Waals surface area (Å²) in [5.41, 5.74) is 2.17. The van der Waals surface area contributed by atoms with Crippen LogP contribution in [0.2, 0.25) is 0 Å². The minimum Gasteiger partial charge on any atom is -0.493 e. The molecular weight excluding hydrogens is 406 g/mol. The third-order valence-corrected chi connectivity index (χ3v) is 5.21. The summed E-state index contributed by atoms with van der Waals surface area (Å²) in [4.78, 5) is 12.1. The van der Waals surface area contributed by atoms with Gasteiger partial charge in [0.25, 0.3) is 0 Å². The molecule has 0 aliphatic rings. The summed E-state index contributed by atoms with van der Waals surface area (Å²) < 4.78 is 17.5. The molecule has 154 valence electrons. The highest BCUT2D eigenvalue weighted by molar-refractivity contribution is 7.99. The molecule has 0 aliphatic carbocycles. The summed E-state index contributed by atoms with van der Waals surface area (Å²) in [5.74, 6) is 2.00. The van der Waals surface area contributed by atoms with Crippen LogP contribution in [-0.2, 0) is 11.3 Å². The lowest BCUT2D eigenvalue weighted by Crippen LogP contribution is -2.24. The second kappa shape index (κ2) is 8.87. The van der Waals surface area contributed by atoms with Gasteiger partial charge in [-0.25, -0.2) is 0 Å². The van der Waals surface area contributed by atoms with Crippen molar-refractivity contribution in [3.63, 3.8) is 0 Å². The van der Waals surface area contributed by atoms with Gasteiger partial charge in [0.2, 0.25) is 11.1 Å². The highest BCUT2D eigenvalue weighted by atomic mass is 32.2. The van der Waals surface area contributed by atoms with Gasteiger partial charge in [0.05, 0.1) is 38.5 Å². The Morgan fingerprint density at radius 3 is 2.77 bits per heavy atom. The average molecular weight is 425 g/mol. The molecule has 0 saturated carbocycles. The number of methoxy groups -OCH3 is 2. The van der Waals surface area contributed by atoms with E-state index in [1.807, 2.05) is 30.3 Å². The predicted molar refractivity (Wildman–Crippen MR) is 111 cm³/mol. The van der Waals surface area contributed by atoms with Gasteiger partial charge >= 0.3 is 0 Å². The standard InChI is InChI=1S/C20H19N5O4S/c1-27-16-7-5-13(10-17(16)28-2)15-6-8-18-22-23-20(25(18)24-15)30-12-19(26)21-11-14-4-3-9-29-14/h3-10H,11-12H2,1-2H3,(H,21,26). The van der Waals surface area contributed by atoms with Crippen LogP contribution in [0, 0.1) is 0 Å². The largest absolute Gasteiger partial charge is 0.493 e. The summed E-state index contributed by atoms with van der Waals surface area (Å²) in [7, 11) is 3.18. The van der Waals surface area contributed by atoms with Crippen LogP contribution in [0.15, 0.2) is 58.3 Å². The lowest BCUT2D eigenvalue weighted by molar-refractivity contribution is -0.118. The average Bonchev–Trinajstić information content (AvgIpc) is 3.45. The second-order valence-electron chi connectivity index (χ2n) is 6.19. The fourth-order valence-corrected chi connectivity index (χ4v) is 3.51. The number of furan rings is 1. The van der Waals surface area contributed by atoms with Crippen molar-refractivity contribution in [2.24, 2.45) is 0 Å². The van der Waals surface area contributed by atoms with Crippen LogP contribution in [0.3, 0.4) is 0 Å². The lowest BCUT2D eigenvalue weighted by Gasteiger charge is -2.09. The van der Waals surface area contributed by atoms with Crippen molar-refractivity contribution in [2.45, 2.75) is 11.7 Å². The Balaban J connectivity index is 1.49. The number of hydrogen-bond donors (Lipinski definition) is 1. The monoisotopic (exact) mass is 425 g/mol. The van der Waals surface area contributed by atoms with Crippen molar-refractivity contribution >= 4 is 23.3 Å². The van der Waals surface area contributed by atoms with Crippen LogP contribution >= 0.6 is 11.8 Å². The SMILES string of the molecule is COc1ccc(-c2ccc3nnc(SCC(=O)NCc4ccco4)n3n2)cc1OC. The number of amides is 1. The molecule has 0 aliphatic heterocycles. The van der Waals surface area contributed by atoms with Crippen LogP contribution in [0.1, 0.15) is 5.76 Å². The first-order valence-electron chi connectivity index (χ1n) is 9.04. The third-order valence-electron chi connectivity index (χ3n) is 4.29. The molecule has 1 amide bonds. The fraction of sp³-hybridized carbons (Fsp3) is 0.200. The van der Waals surface area contributed by atoms with E-state index in [2.05, 4.69) is 20.6 Å². The number of nitrogens with one attached hydrogen (secondary N) is 1. The van der Waals surface area contributed by atoms with E-state index in [-0.39, 0.29) is 11.7 Å². The molecule has 0 unspecified atom stereocenters. The van der Waals surface area contributed by atoms with Gasteiger partial charge in [-0.3, -0.25) is 4.79 Å². The van der Waals surface area contributed by atoms with E-state index < -0.39 is 0 Å². The molecule has 1 aromatic carbocycles. The molecule has 0 spiro atoms. The van der Waals surface area contributed by atoms with Gasteiger partial charge in [-0.15, -0.1) is 10.2 Å².